The van der Waals surface area contributed by atoms with E-state index in [1.54, 1.807) is 4.90 Å². The first-order valence-corrected chi connectivity index (χ1v) is 7.62. The second-order valence-corrected chi connectivity index (χ2v) is 7.14. The summed E-state index contributed by atoms with van der Waals surface area (Å²) in [7, 11) is 0. The summed E-state index contributed by atoms with van der Waals surface area (Å²) < 4.78 is 11.5. The predicted molar refractivity (Wildman–Crippen MR) is 75.7 cm³/mol. The SMILES string of the molecule is CC(C)(C)C[C@@H]1C[C@H](OC2CCCCO2)CN1C(=O)O. The highest BCUT2D eigenvalue weighted by Gasteiger charge is 2.38. The molecule has 0 bridgehead atoms. The monoisotopic (exact) mass is 285 g/mol. The van der Waals surface area contributed by atoms with Crippen molar-refractivity contribution in [3.8, 4) is 0 Å². The van der Waals surface area contributed by atoms with Crippen LogP contribution >= 0.6 is 0 Å². The number of hydrogen-bond donors (Lipinski definition) is 1. The number of carbonyl (C=O) groups is 1. The van der Waals surface area contributed by atoms with Crippen LogP contribution in [0.5, 0.6) is 0 Å². The number of amides is 1. The van der Waals surface area contributed by atoms with Gasteiger partial charge in [-0.05, 0) is 37.5 Å². The highest BCUT2D eigenvalue weighted by molar-refractivity contribution is 5.66. The van der Waals surface area contributed by atoms with E-state index in [1.807, 2.05) is 0 Å². The molecule has 0 saturated carbocycles. The second kappa shape index (κ2) is 6.31. The van der Waals surface area contributed by atoms with E-state index in [4.69, 9.17) is 9.47 Å². The third-order valence-electron chi connectivity index (χ3n) is 3.95. The molecule has 0 aromatic rings. The van der Waals surface area contributed by atoms with Gasteiger partial charge in [0.2, 0.25) is 0 Å². The largest absolute Gasteiger partial charge is 0.465 e. The Morgan fingerprint density at radius 3 is 2.70 bits per heavy atom. The fraction of sp³-hybridized carbons (Fsp3) is 0.933. The van der Waals surface area contributed by atoms with Gasteiger partial charge >= 0.3 is 6.09 Å². The molecule has 0 aromatic carbocycles. The number of nitrogens with zero attached hydrogens (tertiary/aromatic N) is 1. The van der Waals surface area contributed by atoms with E-state index in [1.165, 1.54) is 0 Å². The third kappa shape index (κ3) is 4.35. The second-order valence-electron chi connectivity index (χ2n) is 7.14. The van der Waals surface area contributed by atoms with Crippen LogP contribution < -0.4 is 0 Å². The lowest BCUT2D eigenvalue weighted by atomic mass is 9.87. The summed E-state index contributed by atoms with van der Waals surface area (Å²) in [6.45, 7) is 7.66. The molecule has 2 aliphatic heterocycles. The lowest BCUT2D eigenvalue weighted by Gasteiger charge is -2.28. The summed E-state index contributed by atoms with van der Waals surface area (Å²) in [6.07, 6.45) is 3.79. The van der Waals surface area contributed by atoms with Gasteiger partial charge in [-0.1, -0.05) is 20.8 Å². The van der Waals surface area contributed by atoms with Gasteiger partial charge in [-0.15, -0.1) is 0 Å². The highest BCUT2D eigenvalue weighted by atomic mass is 16.7. The Kier molecular flexibility index (Phi) is 4.91. The Balaban J connectivity index is 1.91. The summed E-state index contributed by atoms with van der Waals surface area (Å²) in [5.74, 6) is 0. The Bertz CT molecular complexity index is 333. The first kappa shape index (κ1) is 15.6. The van der Waals surface area contributed by atoms with Gasteiger partial charge < -0.3 is 19.5 Å². The molecule has 1 amide bonds. The Labute approximate surface area is 121 Å². The van der Waals surface area contributed by atoms with E-state index in [2.05, 4.69) is 20.8 Å². The molecule has 1 unspecified atom stereocenters. The standard InChI is InChI=1S/C15H27NO4/c1-15(2,3)9-11-8-12(10-16(11)14(17)18)20-13-6-4-5-7-19-13/h11-13H,4-10H2,1-3H3,(H,17,18)/t11-,12-,13?/m0/s1. The fourth-order valence-corrected chi connectivity index (χ4v) is 3.14. The summed E-state index contributed by atoms with van der Waals surface area (Å²) >= 11 is 0. The number of carboxylic acid groups (broad SMARTS) is 1. The maximum absolute atomic E-state index is 11.4. The molecule has 20 heavy (non-hydrogen) atoms. The lowest BCUT2D eigenvalue weighted by Crippen LogP contribution is -2.37. The van der Waals surface area contributed by atoms with Gasteiger partial charge in [0.15, 0.2) is 6.29 Å². The minimum Gasteiger partial charge on any atom is -0.465 e. The van der Waals surface area contributed by atoms with Crippen molar-refractivity contribution in [1.82, 2.24) is 4.90 Å². The zero-order chi connectivity index (χ0) is 14.8. The van der Waals surface area contributed by atoms with Crippen molar-refractivity contribution in [2.75, 3.05) is 13.2 Å². The van der Waals surface area contributed by atoms with Crippen molar-refractivity contribution in [3.63, 3.8) is 0 Å². The predicted octanol–water partition coefficient (Wildman–Crippen LogP) is 3.09. The summed E-state index contributed by atoms with van der Waals surface area (Å²) in [5, 5.41) is 9.34. The Hall–Kier alpha value is -0.810. The number of likely N-dealkylation sites (tertiary alicyclic amines) is 1. The first-order chi connectivity index (χ1) is 9.35. The molecule has 2 aliphatic rings. The molecule has 5 heteroatoms. The molecule has 2 saturated heterocycles. The van der Waals surface area contributed by atoms with Gasteiger partial charge in [0.05, 0.1) is 12.6 Å². The summed E-state index contributed by atoms with van der Waals surface area (Å²) in [5.41, 5.74) is 0.120. The van der Waals surface area contributed by atoms with Gasteiger partial charge in [0.1, 0.15) is 0 Å². The van der Waals surface area contributed by atoms with E-state index in [0.29, 0.717) is 6.54 Å². The Morgan fingerprint density at radius 2 is 2.15 bits per heavy atom. The van der Waals surface area contributed by atoms with Gasteiger partial charge in [-0.2, -0.15) is 0 Å². The molecular formula is C15H27NO4. The minimum atomic E-state index is -0.838. The quantitative estimate of drug-likeness (QED) is 0.865. The van der Waals surface area contributed by atoms with Crippen molar-refractivity contribution >= 4 is 6.09 Å². The zero-order valence-electron chi connectivity index (χ0n) is 12.8. The molecule has 1 N–H and O–H groups in total. The molecular weight excluding hydrogens is 258 g/mol. The van der Waals surface area contributed by atoms with Crippen LogP contribution in [0.15, 0.2) is 0 Å². The van der Waals surface area contributed by atoms with Crippen molar-refractivity contribution in [2.24, 2.45) is 5.41 Å². The Morgan fingerprint density at radius 1 is 1.40 bits per heavy atom. The van der Waals surface area contributed by atoms with Gasteiger partial charge in [0, 0.05) is 12.6 Å². The average Bonchev–Trinajstić information content (AvgIpc) is 2.71. The zero-order valence-corrected chi connectivity index (χ0v) is 12.8. The van der Waals surface area contributed by atoms with Crippen LogP contribution in [-0.4, -0.2) is 47.7 Å². The van der Waals surface area contributed by atoms with Crippen molar-refractivity contribution in [3.05, 3.63) is 0 Å². The van der Waals surface area contributed by atoms with Crippen LogP contribution in [-0.2, 0) is 9.47 Å². The van der Waals surface area contributed by atoms with Crippen LogP contribution in [0.2, 0.25) is 0 Å². The van der Waals surface area contributed by atoms with Gasteiger partial charge in [-0.25, -0.2) is 4.79 Å². The van der Waals surface area contributed by atoms with E-state index in [0.717, 1.165) is 38.7 Å². The van der Waals surface area contributed by atoms with Crippen LogP contribution in [0.25, 0.3) is 0 Å². The molecule has 0 radical (unpaired) electrons. The normalized spacial score (nSPS) is 31.6. The molecule has 2 heterocycles. The van der Waals surface area contributed by atoms with Crippen molar-refractivity contribution in [1.29, 1.82) is 0 Å². The molecule has 0 aromatic heterocycles. The van der Waals surface area contributed by atoms with E-state index in [-0.39, 0.29) is 23.9 Å². The fourth-order valence-electron chi connectivity index (χ4n) is 3.14. The topological polar surface area (TPSA) is 59.0 Å². The van der Waals surface area contributed by atoms with Gasteiger partial charge in [-0.3, -0.25) is 0 Å². The number of hydrogen-bond acceptors (Lipinski definition) is 3. The van der Waals surface area contributed by atoms with E-state index < -0.39 is 6.09 Å². The minimum absolute atomic E-state index is 0.0263. The maximum Gasteiger partial charge on any atom is 0.407 e. The van der Waals surface area contributed by atoms with Crippen molar-refractivity contribution < 1.29 is 19.4 Å². The number of rotatable bonds is 3. The first-order valence-electron chi connectivity index (χ1n) is 7.62. The van der Waals surface area contributed by atoms with E-state index >= 15 is 0 Å². The summed E-state index contributed by atoms with van der Waals surface area (Å²) in [6, 6.07) is 0.0566. The van der Waals surface area contributed by atoms with Crippen LogP contribution in [0, 0.1) is 5.41 Å². The van der Waals surface area contributed by atoms with Crippen LogP contribution in [0.3, 0.4) is 0 Å². The third-order valence-corrected chi connectivity index (χ3v) is 3.95. The van der Waals surface area contributed by atoms with Crippen LogP contribution in [0.4, 0.5) is 4.79 Å². The molecule has 116 valence electrons. The molecule has 5 nitrogen and oxygen atoms in total. The van der Waals surface area contributed by atoms with E-state index in [9.17, 15) is 9.90 Å². The molecule has 0 aliphatic carbocycles. The number of ether oxygens (including phenoxy) is 2. The smallest absolute Gasteiger partial charge is 0.407 e. The highest BCUT2D eigenvalue weighted by Crippen LogP contribution is 2.32. The van der Waals surface area contributed by atoms with Crippen LogP contribution in [0.1, 0.15) is 52.9 Å². The summed E-state index contributed by atoms with van der Waals surface area (Å²) in [4.78, 5) is 12.9. The molecule has 2 rings (SSSR count). The molecule has 0 spiro atoms. The van der Waals surface area contributed by atoms with Gasteiger partial charge in [0.25, 0.3) is 0 Å². The molecule has 2 fully saturated rings. The van der Waals surface area contributed by atoms with Crippen molar-refractivity contribution in [2.45, 2.75) is 71.3 Å². The lowest BCUT2D eigenvalue weighted by molar-refractivity contribution is -0.184. The molecule has 3 atom stereocenters. The maximum atomic E-state index is 11.4. The average molecular weight is 285 g/mol.